The molecule has 1 fully saturated rings. The van der Waals surface area contributed by atoms with Crippen LogP contribution in [0.2, 0.25) is 0 Å². The maximum absolute atomic E-state index is 12.1. The summed E-state index contributed by atoms with van der Waals surface area (Å²) in [6.07, 6.45) is -4.90. The van der Waals surface area contributed by atoms with Gasteiger partial charge >= 0.3 is 29.7 Å². The minimum absolute atomic E-state index is 0.208. The van der Waals surface area contributed by atoms with Crippen LogP contribution < -0.4 is 4.74 Å². The maximum Gasteiger partial charge on any atom is 0.363 e. The number of esters is 4. The number of aromatic nitrogens is 1. The lowest BCUT2D eigenvalue weighted by atomic mass is 9.90. The molecule has 0 aliphatic carbocycles. The minimum Gasteiger partial charge on any atom is -0.463 e. The first-order chi connectivity index (χ1) is 18.4. The van der Waals surface area contributed by atoms with E-state index in [0.29, 0.717) is 5.56 Å². The Morgan fingerprint density at radius 2 is 1.51 bits per heavy atom. The lowest BCUT2D eigenvalue weighted by molar-refractivity contribution is -0.389. The largest absolute Gasteiger partial charge is 0.463 e. The van der Waals surface area contributed by atoms with Crippen molar-refractivity contribution in [2.45, 2.75) is 58.2 Å². The molecule has 3 rings (SSSR count). The third-order valence-electron chi connectivity index (χ3n) is 5.32. The van der Waals surface area contributed by atoms with Gasteiger partial charge in [0, 0.05) is 33.8 Å². The molecular weight excluding hydrogens is 520 g/mol. The Kier molecular flexibility index (Phi) is 9.49. The van der Waals surface area contributed by atoms with E-state index in [1.165, 1.54) is 25.3 Å². The van der Waals surface area contributed by atoms with Gasteiger partial charge in [-0.2, -0.15) is 0 Å². The summed E-state index contributed by atoms with van der Waals surface area (Å²) in [5, 5.41) is 10.8. The normalized spacial score (nSPS) is 22.2. The van der Waals surface area contributed by atoms with Gasteiger partial charge in [0.25, 0.3) is 0 Å². The van der Waals surface area contributed by atoms with Crippen molar-refractivity contribution in [2.24, 2.45) is 0 Å². The summed E-state index contributed by atoms with van der Waals surface area (Å²) in [7, 11) is 0. The highest BCUT2D eigenvalue weighted by Crippen LogP contribution is 2.39. The Morgan fingerprint density at radius 3 is 2.08 bits per heavy atom. The van der Waals surface area contributed by atoms with Crippen molar-refractivity contribution in [3.8, 4) is 11.5 Å². The number of carbonyl (C=O) groups is 4. The summed E-state index contributed by atoms with van der Waals surface area (Å²) in [5.41, 5.74) is 0.403. The van der Waals surface area contributed by atoms with Crippen LogP contribution in [0.1, 0.15) is 39.4 Å². The van der Waals surface area contributed by atoms with Crippen LogP contribution in [0, 0.1) is 10.1 Å². The van der Waals surface area contributed by atoms with Crippen molar-refractivity contribution < 1.29 is 52.5 Å². The monoisotopic (exact) mass is 546 g/mol. The molecule has 1 aliphatic heterocycles. The molecule has 1 aliphatic rings. The lowest BCUT2D eigenvalue weighted by Crippen LogP contribution is -2.59. The van der Waals surface area contributed by atoms with Gasteiger partial charge in [-0.1, -0.05) is 12.1 Å². The molecule has 0 bridgehead atoms. The Bertz CT molecular complexity index is 1230. The zero-order chi connectivity index (χ0) is 28.7. The molecule has 2 aromatic rings. The highest BCUT2D eigenvalue weighted by molar-refractivity contribution is 5.69. The Hall–Kier alpha value is -4.59. The molecule has 208 valence electrons. The fourth-order valence-corrected chi connectivity index (χ4v) is 3.93. The van der Waals surface area contributed by atoms with Gasteiger partial charge in [0.1, 0.15) is 24.6 Å². The van der Waals surface area contributed by atoms with Crippen LogP contribution in [0.4, 0.5) is 5.82 Å². The van der Waals surface area contributed by atoms with Crippen molar-refractivity contribution >= 4 is 29.7 Å². The molecular formula is C25H26N2O12. The molecule has 0 saturated carbocycles. The van der Waals surface area contributed by atoms with E-state index >= 15 is 0 Å². The maximum atomic E-state index is 12.1. The summed E-state index contributed by atoms with van der Waals surface area (Å²) >= 11 is 0. The van der Waals surface area contributed by atoms with Crippen molar-refractivity contribution in [3.05, 3.63) is 58.3 Å². The highest BCUT2D eigenvalue weighted by atomic mass is 16.7. The Labute approximate surface area is 222 Å². The lowest BCUT2D eigenvalue weighted by Gasteiger charge is -2.44. The van der Waals surface area contributed by atoms with E-state index in [4.69, 9.17) is 28.4 Å². The molecule has 14 nitrogen and oxygen atoms in total. The van der Waals surface area contributed by atoms with Gasteiger partial charge in [0.2, 0.25) is 0 Å². The molecule has 39 heavy (non-hydrogen) atoms. The topological polar surface area (TPSA) is 180 Å². The van der Waals surface area contributed by atoms with E-state index in [9.17, 15) is 29.3 Å². The predicted octanol–water partition coefficient (Wildman–Crippen LogP) is 2.58. The fourth-order valence-electron chi connectivity index (χ4n) is 3.93. The predicted molar refractivity (Wildman–Crippen MR) is 128 cm³/mol. The SMILES string of the molecule is CC(=O)OC[C@H]1O[C@H](c2cccc(Oc3ccc([N+](=O)[O-])nc3)c2)[C@@H](OC(C)=O)[C@H](OC(C)=O)[C@@H]1OC(C)=O. The fraction of sp³-hybridized carbons (Fsp3) is 0.400. The molecule has 14 heteroatoms. The van der Waals surface area contributed by atoms with Crippen LogP contribution in [0.25, 0.3) is 0 Å². The van der Waals surface area contributed by atoms with Gasteiger partial charge in [-0.15, -0.1) is 0 Å². The van der Waals surface area contributed by atoms with Gasteiger partial charge < -0.3 is 38.5 Å². The molecule has 0 amide bonds. The van der Waals surface area contributed by atoms with Crippen molar-refractivity contribution in [1.82, 2.24) is 4.98 Å². The zero-order valence-electron chi connectivity index (χ0n) is 21.4. The average Bonchev–Trinajstić information content (AvgIpc) is 2.85. The van der Waals surface area contributed by atoms with Gasteiger partial charge in [0.15, 0.2) is 30.3 Å². The van der Waals surface area contributed by atoms with E-state index in [1.54, 1.807) is 24.3 Å². The van der Waals surface area contributed by atoms with Crippen molar-refractivity contribution in [2.75, 3.05) is 6.61 Å². The number of hydrogen-bond donors (Lipinski definition) is 0. The average molecular weight is 546 g/mol. The number of nitrogens with zero attached hydrogens (tertiary/aromatic N) is 2. The van der Waals surface area contributed by atoms with Gasteiger partial charge in [-0.05, 0) is 33.7 Å². The number of hydrogen-bond acceptors (Lipinski definition) is 13. The number of pyridine rings is 1. The summed E-state index contributed by atoms with van der Waals surface area (Å²) in [6, 6.07) is 8.92. The molecule has 1 aromatic carbocycles. The molecule has 5 atom stereocenters. The van der Waals surface area contributed by atoms with Crippen LogP contribution in [0.3, 0.4) is 0 Å². The first-order valence-corrected chi connectivity index (χ1v) is 11.6. The smallest absolute Gasteiger partial charge is 0.363 e. The van der Waals surface area contributed by atoms with E-state index < -0.39 is 59.3 Å². The molecule has 1 saturated heterocycles. The quantitative estimate of drug-likeness (QED) is 0.194. The standard InChI is InChI=1S/C25H26N2O12/c1-13(28)34-12-20-23(35-14(2)29)25(37-16(4)31)24(36-15(3)30)22(39-20)17-6-5-7-18(10-17)38-19-8-9-21(26-11-19)27(32)33/h5-11,20,22-25H,12H2,1-4H3/t20-,22-,23-,24-,25-/m1/s1. The molecule has 0 unspecified atom stereocenters. The summed E-state index contributed by atoms with van der Waals surface area (Å²) in [6.45, 7) is 4.23. The Morgan fingerprint density at radius 1 is 0.872 bits per heavy atom. The highest BCUT2D eigenvalue weighted by Gasteiger charge is 2.52. The zero-order valence-corrected chi connectivity index (χ0v) is 21.4. The molecule has 2 heterocycles. The van der Waals surface area contributed by atoms with Crippen LogP contribution in [0.5, 0.6) is 11.5 Å². The van der Waals surface area contributed by atoms with Crippen LogP contribution >= 0.6 is 0 Å². The summed E-state index contributed by atoms with van der Waals surface area (Å²) < 4.78 is 33.3. The van der Waals surface area contributed by atoms with Crippen LogP contribution in [-0.2, 0) is 42.9 Å². The van der Waals surface area contributed by atoms with Crippen LogP contribution in [0.15, 0.2) is 42.6 Å². The van der Waals surface area contributed by atoms with E-state index in [1.807, 2.05) is 0 Å². The van der Waals surface area contributed by atoms with E-state index in [0.717, 1.165) is 20.8 Å². The molecule has 0 spiro atoms. The van der Waals surface area contributed by atoms with Gasteiger partial charge in [-0.3, -0.25) is 19.2 Å². The van der Waals surface area contributed by atoms with Crippen LogP contribution in [-0.4, -0.2) is 64.8 Å². The molecule has 0 radical (unpaired) electrons. The second kappa shape index (κ2) is 12.8. The minimum atomic E-state index is -1.32. The second-order valence-electron chi connectivity index (χ2n) is 8.40. The van der Waals surface area contributed by atoms with Gasteiger partial charge in [-0.25, -0.2) is 0 Å². The summed E-state index contributed by atoms with van der Waals surface area (Å²) in [5.74, 6) is -2.71. The van der Waals surface area contributed by atoms with Gasteiger partial charge in [0.05, 0.1) is 0 Å². The van der Waals surface area contributed by atoms with E-state index in [2.05, 4.69) is 4.98 Å². The Balaban J connectivity index is 2.00. The third-order valence-corrected chi connectivity index (χ3v) is 5.32. The first-order valence-electron chi connectivity index (χ1n) is 11.6. The third kappa shape index (κ3) is 7.95. The van der Waals surface area contributed by atoms with Crippen molar-refractivity contribution in [3.63, 3.8) is 0 Å². The second-order valence-corrected chi connectivity index (χ2v) is 8.40. The number of ether oxygens (including phenoxy) is 6. The number of rotatable bonds is 9. The first kappa shape index (κ1) is 29.0. The molecule has 0 N–H and O–H groups in total. The number of nitro groups is 1. The van der Waals surface area contributed by atoms with E-state index in [-0.39, 0.29) is 23.9 Å². The summed E-state index contributed by atoms with van der Waals surface area (Å²) in [4.78, 5) is 61.4. The van der Waals surface area contributed by atoms with Crippen molar-refractivity contribution in [1.29, 1.82) is 0 Å². The molecule has 1 aromatic heterocycles. The number of carbonyl (C=O) groups excluding carboxylic acids is 4. The number of benzene rings is 1.